The lowest BCUT2D eigenvalue weighted by molar-refractivity contribution is 0.0695. The van der Waals surface area contributed by atoms with Crippen LogP contribution in [0.15, 0.2) is 17.1 Å². The van der Waals surface area contributed by atoms with Crippen LogP contribution in [-0.2, 0) is 0 Å². The number of aromatic carboxylic acids is 1. The average Bonchev–Trinajstić information content (AvgIpc) is 3.33. The highest BCUT2D eigenvalue weighted by Gasteiger charge is 2.31. The first kappa shape index (κ1) is 18.0. The van der Waals surface area contributed by atoms with E-state index in [-0.39, 0.29) is 28.6 Å². The summed E-state index contributed by atoms with van der Waals surface area (Å²) in [6.45, 7) is 4.92. The highest BCUT2D eigenvalue weighted by Crippen LogP contribution is 2.39. The molecule has 2 fully saturated rings. The minimum Gasteiger partial charge on any atom is -0.477 e. The number of hydrogen-bond acceptors (Lipinski definition) is 4. The molecule has 0 radical (unpaired) electrons. The number of carboxylic acids is 1. The second-order valence-electron chi connectivity index (χ2n) is 7.90. The zero-order chi connectivity index (χ0) is 19.5. The Kier molecular flexibility index (Phi) is 4.22. The Balaban J connectivity index is 1.93. The maximum absolute atomic E-state index is 15.2. The van der Waals surface area contributed by atoms with Gasteiger partial charge in [-0.2, -0.15) is 0 Å². The molecule has 2 heterocycles. The minimum atomic E-state index is -1.28. The topological polar surface area (TPSA) is 88.6 Å². The molecule has 1 saturated carbocycles. The molecule has 0 spiro atoms. The van der Waals surface area contributed by atoms with Crippen molar-refractivity contribution in [1.82, 2.24) is 4.57 Å². The van der Waals surface area contributed by atoms with Crippen LogP contribution < -0.4 is 16.1 Å². The van der Waals surface area contributed by atoms with Crippen molar-refractivity contribution in [3.05, 3.63) is 39.4 Å². The van der Waals surface area contributed by atoms with Gasteiger partial charge in [-0.15, -0.1) is 0 Å². The van der Waals surface area contributed by atoms with Crippen LogP contribution in [0.2, 0.25) is 0 Å². The maximum Gasteiger partial charge on any atom is 0.341 e. The van der Waals surface area contributed by atoms with Gasteiger partial charge >= 0.3 is 5.97 Å². The van der Waals surface area contributed by atoms with E-state index in [0.717, 1.165) is 25.8 Å². The van der Waals surface area contributed by atoms with Crippen molar-refractivity contribution in [3.8, 4) is 0 Å². The van der Waals surface area contributed by atoms with Crippen LogP contribution >= 0.6 is 0 Å². The quantitative estimate of drug-likeness (QED) is 0.860. The van der Waals surface area contributed by atoms with Gasteiger partial charge in [-0.1, -0.05) is 0 Å². The number of anilines is 1. The molecule has 2 atom stereocenters. The van der Waals surface area contributed by atoms with Crippen molar-refractivity contribution in [1.29, 1.82) is 0 Å². The van der Waals surface area contributed by atoms with E-state index in [1.807, 2.05) is 16.4 Å². The monoisotopic (exact) mass is 373 g/mol. The lowest BCUT2D eigenvalue weighted by atomic mass is 10.0. The average molecular weight is 373 g/mol. The van der Waals surface area contributed by atoms with Crippen molar-refractivity contribution >= 4 is 22.6 Å². The molecule has 2 aliphatic rings. The van der Waals surface area contributed by atoms with Crippen molar-refractivity contribution in [2.45, 2.75) is 45.2 Å². The highest BCUT2D eigenvalue weighted by molar-refractivity contribution is 5.95. The van der Waals surface area contributed by atoms with E-state index >= 15 is 4.39 Å². The molecule has 3 N–H and O–H groups in total. The Morgan fingerprint density at radius 1 is 1.37 bits per heavy atom. The van der Waals surface area contributed by atoms with Crippen LogP contribution in [-0.4, -0.2) is 34.8 Å². The molecule has 1 saturated heterocycles. The first-order chi connectivity index (χ1) is 12.8. The fourth-order valence-electron chi connectivity index (χ4n) is 4.12. The van der Waals surface area contributed by atoms with Crippen LogP contribution in [0.4, 0.5) is 10.1 Å². The number of hydrogen-bond donors (Lipinski definition) is 2. The minimum absolute atomic E-state index is 0.0439. The van der Waals surface area contributed by atoms with Crippen LogP contribution in [0.25, 0.3) is 10.9 Å². The normalized spacial score (nSPS) is 21.0. The first-order valence-corrected chi connectivity index (χ1v) is 9.41. The third kappa shape index (κ3) is 2.90. The number of rotatable bonds is 4. The fourth-order valence-corrected chi connectivity index (χ4v) is 4.12. The van der Waals surface area contributed by atoms with Gasteiger partial charge in [0, 0.05) is 36.9 Å². The Labute approximate surface area is 156 Å². The molecule has 0 amide bonds. The van der Waals surface area contributed by atoms with Crippen molar-refractivity contribution < 1.29 is 14.3 Å². The van der Waals surface area contributed by atoms with Crippen LogP contribution in [0.3, 0.4) is 0 Å². The lowest BCUT2D eigenvalue weighted by Gasteiger charge is -2.23. The van der Waals surface area contributed by atoms with E-state index in [1.54, 1.807) is 13.0 Å². The molecule has 27 heavy (non-hydrogen) atoms. The number of aryl methyl sites for hydroxylation is 1. The van der Waals surface area contributed by atoms with Gasteiger partial charge in [0.1, 0.15) is 11.4 Å². The van der Waals surface area contributed by atoms with E-state index in [1.165, 1.54) is 6.20 Å². The molecular formula is C20H24FN3O3. The SMILES string of the molecule is Cc1c(F)c(N2CC[C@H](C(C)N)C2)cc2c1c(=O)c(C(=O)O)cn2C1CC1. The molecule has 2 aromatic rings. The molecule has 6 nitrogen and oxygen atoms in total. The van der Waals surface area contributed by atoms with E-state index in [0.29, 0.717) is 23.7 Å². The predicted octanol–water partition coefficient (Wildman–Crippen LogP) is 2.66. The third-order valence-corrected chi connectivity index (χ3v) is 5.96. The number of fused-ring (bicyclic) bond motifs is 1. The summed E-state index contributed by atoms with van der Waals surface area (Å²) in [5.74, 6) is -1.42. The van der Waals surface area contributed by atoms with Gasteiger partial charge in [0.05, 0.1) is 16.6 Å². The zero-order valence-electron chi connectivity index (χ0n) is 15.5. The zero-order valence-corrected chi connectivity index (χ0v) is 15.5. The summed E-state index contributed by atoms with van der Waals surface area (Å²) in [5, 5.41) is 9.57. The predicted molar refractivity (Wildman–Crippen MR) is 102 cm³/mol. The lowest BCUT2D eigenvalue weighted by Crippen LogP contribution is -2.30. The summed E-state index contributed by atoms with van der Waals surface area (Å²) in [4.78, 5) is 26.2. The number of aromatic nitrogens is 1. The summed E-state index contributed by atoms with van der Waals surface area (Å²) >= 11 is 0. The molecule has 7 heteroatoms. The van der Waals surface area contributed by atoms with Crippen molar-refractivity contribution in [3.63, 3.8) is 0 Å². The second-order valence-corrected chi connectivity index (χ2v) is 7.90. The van der Waals surface area contributed by atoms with E-state index in [9.17, 15) is 14.7 Å². The third-order valence-electron chi connectivity index (χ3n) is 5.96. The molecule has 1 unspecified atom stereocenters. The number of halogens is 1. The fraction of sp³-hybridized carbons (Fsp3) is 0.500. The molecule has 1 aromatic carbocycles. The van der Waals surface area contributed by atoms with Gasteiger partial charge in [0.2, 0.25) is 5.43 Å². The molecule has 4 rings (SSSR count). The standard InChI is InChI=1S/C20H24FN3O3/c1-10-17-15(24(13-3-4-13)9-14(19(17)25)20(26)27)7-16(18(10)21)23-6-5-12(8-23)11(2)22/h7,9,11-13H,3-6,8,22H2,1-2H3,(H,26,27)/t11?,12-/m0/s1. The molecule has 1 aliphatic heterocycles. The number of pyridine rings is 1. The summed E-state index contributed by atoms with van der Waals surface area (Å²) in [5.41, 5.74) is 6.40. The molecule has 144 valence electrons. The summed E-state index contributed by atoms with van der Waals surface area (Å²) in [6.07, 6.45) is 4.18. The van der Waals surface area contributed by atoms with Crippen molar-refractivity contribution in [2.24, 2.45) is 11.7 Å². The van der Waals surface area contributed by atoms with E-state index in [2.05, 4.69) is 0 Å². The first-order valence-electron chi connectivity index (χ1n) is 9.41. The van der Waals surface area contributed by atoms with E-state index in [4.69, 9.17) is 5.73 Å². The number of carbonyl (C=O) groups is 1. The number of carboxylic acid groups (broad SMARTS) is 1. The largest absolute Gasteiger partial charge is 0.477 e. The number of benzene rings is 1. The van der Waals surface area contributed by atoms with Gasteiger partial charge in [-0.05, 0) is 45.1 Å². The van der Waals surface area contributed by atoms with Crippen molar-refractivity contribution in [2.75, 3.05) is 18.0 Å². The number of nitrogens with two attached hydrogens (primary N) is 1. The Bertz CT molecular complexity index is 994. The molecule has 1 aliphatic carbocycles. The summed E-state index contributed by atoms with van der Waals surface area (Å²) in [7, 11) is 0. The second kappa shape index (κ2) is 6.34. The van der Waals surface area contributed by atoms with Gasteiger partial charge in [-0.3, -0.25) is 4.79 Å². The highest BCUT2D eigenvalue weighted by atomic mass is 19.1. The van der Waals surface area contributed by atoms with Gasteiger partial charge in [0.25, 0.3) is 0 Å². The maximum atomic E-state index is 15.2. The van der Waals surface area contributed by atoms with Crippen LogP contribution in [0, 0.1) is 18.7 Å². The summed E-state index contributed by atoms with van der Waals surface area (Å²) < 4.78 is 17.0. The van der Waals surface area contributed by atoms with Gasteiger partial charge in [-0.25, -0.2) is 9.18 Å². The van der Waals surface area contributed by atoms with E-state index < -0.39 is 17.2 Å². The van der Waals surface area contributed by atoms with Gasteiger partial charge < -0.3 is 20.3 Å². The van der Waals surface area contributed by atoms with Gasteiger partial charge in [0.15, 0.2) is 0 Å². The Morgan fingerprint density at radius 3 is 2.63 bits per heavy atom. The Hall–Kier alpha value is -2.41. The van der Waals surface area contributed by atoms with Crippen LogP contribution in [0.1, 0.15) is 48.1 Å². The van der Waals surface area contributed by atoms with Crippen LogP contribution in [0.5, 0.6) is 0 Å². The Morgan fingerprint density at radius 2 is 2.07 bits per heavy atom. The molecule has 0 bridgehead atoms. The summed E-state index contributed by atoms with van der Waals surface area (Å²) in [6, 6.07) is 1.92. The molecular weight excluding hydrogens is 349 g/mol. The molecule has 1 aromatic heterocycles. The number of nitrogens with zero attached hydrogens (tertiary/aromatic N) is 2. The smallest absolute Gasteiger partial charge is 0.341 e.